The van der Waals surface area contributed by atoms with Crippen LogP contribution in [0.2, 0.25) is 0 Å². The van der Waals surface area contributed by atoms with Crippen LogP contribution in [0.15, 0.2) is 0 Å². The fraction of sp³-hybridized carbons (Fsp3) is 1.00. The molecule has 0 bridgehead atoms. The van der Waals surface area contributed by atoms with Gasteiger partial charge in [0.1, 0.15) is 0 Å². The van der Waals surface area contributed by atoms with Crippen molar-refractivity contribution >= 4 is 15.9 Å². The fourth-order valence-electron chi connectivity index (χ4n) is 3.61. The van der Waals surface area contributed by atoms with E-state index in [1.807, 2.05) is 0 Å². The highest BCUT2D eigenvalue weighted by atomic mass is 79.9. The van der Waals surface area contributed by atoms with Crippen LogP contribution in [-0.4, -0.2) is 54.9 Å². The molecule has 0 aromatic rings. The highest BCUT2D eigenvalue weighted by Crippen LogP contribution is 2.38. The number of halogens is 1. The molecule has 18 heavy (non-hydrogen) atoms. The second-order valence-corrected chi connectivity index (χ2v) is 7.04. The average molecular weight is 317 g/mol. The Bertz CT molecular complexity index is 233. The number of hydrogen-bond acceptors (Lipinski definition) is 2. The molecule has 3 heteroatoms. The van der Waals surface area contributed by atoms with E-state index >= 15 is 0 Å². The van der Waals surface area contributed by atoms with Crippen LogP contribution < -0.4 is 0 Å². The summed E-state index contributed by atoms with van der Waals surface area (Å²) >= 11 is 3.78. The van der Waals surface area contributed by atoms with Crippen molar-refractivity contribution in [2.24, 2.45) is 5.41 Å². The lowest BCUT2D eigenvalue weighted by molar-refractivity contribution is 0.136. The predicted octanol–water partition coefficient (Wildman–Crippen LogP) is 3.36. The van der Waals surface area contributed by atoms with Crippen molar-refractivity contribution < 1.29 is 0 Å². The first-order valence-corrected chi connectivity index (χ1v) is 8.83. The van der Waals surface area contributed by atoms with Crippen LogP contribution in [-0.2, 0) is 0 Å². The summed E-state index contributed by atoms with van der Waals surface area (Å²) in [7, 11) is 2.31. The summed E-state index contributed by atoms with van der Waals surface area (Å²) in [6.07, 6.45) is 9.99. The van der Waals surface area contributed by atoms with Gasteiger partial charge in [0.2, 0.25) is 0 Å². The van der Waals surface area contributed by atoms with E-state index in [1.165, 1.54) is 83.0 Å². The summed E-state index contributed by atoms with van der Waals surface area (Å²) in [5.41, 5.74) is 0.567. The lowest BCUT2D eigenvalue weighted by Crippen LogP contribution is -2.41. The third kappa shape index (κ3) is 4.21. The summed E-state index contributed by atoms with van der Waals surface area (Å²) in [6.45, 7) is 6.46. The molecule has 2 rings (SSSR count). The molecule has 1 saturated carbocycles. The van der Waals surface area contributed by atoms with Gasteiger partial charge in [-0.15, -0.1) is 0 Å². The number of likely N-dealkylation sites (N-methyl/N-ethyl adjacent to an activating group) is 1. The van der Waals surface area contributed by atoms with Gasteiger partial charge in [0, 0.05) is 25.0 Å². The zero-order chi connectivity index (χ0) is 12.8. The maximum Gasteiger partial charge on any atom is 0.0109 e. The van der Waals surface area contributed by atoms with Gasteiger partial charge in [0.25, 0.3) is 0 Å². The Labute approximate surface area is 121 Å². The Morgan fingerprint density at radius 3 is 2.33 bits per heavy atom. The second kappa shape index (κ2) is 7.25. The van der Waals surface area contributed by atoms with E-state index in [0.717, 1.165) is 0 Å². The maximum absolute atomic E-state index is 3.78. The van der Waals surface area contributed by atoms with E-state index < -0.39 is 0 Å². The lowest BCUT2D eigenvalue weighted by atomic mass is 9.75. The van der Waals surface area contributed by atoms with Gasteiger partial charge in [0.15, 0.2) is 0 Å². The largest absolute Gasteiger partial charge is 0.305 e. The van der Waals surface area contributed by atoms with Crippen LogP contribution in [0.5, 0.6) is 0 Å². The number of likely N-dealkylation sites (tertiary alicyclic amines) is 1. The van der Waals surface area contributed by atoms with Gasteiger partial charge in [-0.3, -0.25) is 0 Å². The molecule has 1 saturated heterocycles. The van der Waals surface area contributed by atoms with Crippen molar-refractivity contribution in [3.63, 3.8) is 0 Å². The van der Waals surface area contributed by atoms with E-state index in [9.17, 15) is 0 Å². The van der Waals surface area contributed by atoms with Crippen LogP contribution in [0.1, 0.15) is 44.9 Å². The smallest absolute Gasteiger partial charge is 0.0109 e. The molecule has 2 nitrogen and oxygen atoms in total. The minimum Gasteiger partial charge on any atom is -0.305 e. The third-order valence-corrected chi connectivity index (χ3v) is 5.99. The molecule has 1 heterocycles. The molecule has 2 aliphatic rings. The number of hydrogen-bond donors (Lipinski definition) is 0. The molecule has 1 aliphatic heterocycles. The van der Waals surface area contributed by atoms with Crippen LogP contribution in [0.3, 0.4) is 0 Å². The van der Waals surface area contributed by atoms with Crippen LogP contribution in [0.25, 0.3) is 0 Å². The summed E-state index contributed by atoms with van der Waals surface area (Å²) < 4.78 is 0. The van der Waals surface area contributed by atoms with Crippen LogP contribution in [0, 0.1) is 5.41 Å². The molecule has 0 amide bonds. The standard InChI is InChI=1S/C15H29BrN2/c1-17(11-12-18-9-5-6-10-18)14-15(13-16)7-3-2-4-8-15/h2-14H2,1H3. The first-order chi connectivity index (χ1) is 8.74. The van der Waals surface area contributed by atoms with Crippen LogP contribution >= 0.6 is 15.9 Å². The Hall–Kier alpha value is 0.400. The molecule has 0 spiro atoms. The highest BCUT2D eigenvalue weighted by Gasteiger charge is 2.32. The Balaban J connectivity index is 1.72. The predicted molar refractivity (Wildman–Crippen MR) is 82.5 cm³/mol. The molecule has 2 fully saturated rings. The molecule has 0 aromatic heterocycles. The monoisotopic (exact) mass is 316 g/mol. The second-order valence-electron chi connectivity index (χ2n) is 6.48. The van der Waals surface area contributed by atoms with E-state index in [2.05, 4.69) is 32.8 Å². The highest BCUT2D eigenvalue weighted by molar-refractivity contribution is 9.09. The van der Waals surface area contributed by atoms with Crippen molar-refractivity contribution in [2.45, 2.75) is 44.9 Å². The lowest BCUT2D eigenvalue weighted by Gasteiger charge is -2.39. The van der Waals surface area contributed by atoms with Gasteiger partial charge in [0.05, 0.1) is 0 Å². The molecular weight excluding hydrogens is 288 g/mol. The Morgan fingerprint density at radius 1 is 1.06 bits per heavy atom. The Morgan fingerprint density at radius 2 is 1.72 bits per heavy atom. The molecule has 0 unspecified atom stereocenters. The summed E-state index contributed by atoms with van der Waals surface area (Å²) in [4.78, 5) is 5.20. The summed E-state index contributed by atoms with van der Waals surface area (Å²) in [6, 6.07) is 0. The first-order valence-electron chi connectivity index (χ1n) is 7.71. The number of alkyl halides is 1. The fourth-order valence-corrected chi connectivity index (χ4v) is 4.34. The minimum absolute atomic E-state index is 0.567. The normalized spacial score (nSPS) is 24.8. The zero-order valence-corrected chi connectivity index (χ0v) is 13.6. The molecule has 0 aromatic carbocycles. The summed E-state index contributed by atoms with van der Waals surface area (Å²) in [5.74, 6) is 0. The average Bonchev–Trinajstić information content (AvgIpc) is 2.91. The van der Waals surface area contributed by atoms with Gasteiger partial charge in [-0.1, -0.05) is 35.2 Å². The number of nitrogens with zero attached hydrogens (tertiary/aromatic N) is 2. The maximum atomic E-state index is 3.78. The number of rotatable bonds is 6. The van der Waals surface area contributed by atoms with E-state index in [-0.39, 0.29) is 0 Å². The SMILES string of the molecule is CN(CCN1CCCC1)CC1(CBr)CCCCC1. The van der Waals surface area contributed by atoms with E-state index in [1.54, 1.807) is 0 Å². The van der Waals surface area contributed by atoms with Gasteiger partial charge < -0.3 is 9.80 Å². The molecule has 1 aliphatic carbocycles. The molecule has 106 valence electrons. The van der Waals surface area contributed by atoms with Crippen LogP contribution in [0.4, 0.5) is 0 Å². The van der Waals surface area contributed by atoms with Crippen molar-refractivity contribution in [2.75, 3.05) is 45.1 Å². The van der Waals surface area contributed by atoms with E-state index in [4.69, 9.17) is 0 Å². The quantitative estimate of drug-likeness (QED) is 0.693. The summed E-state index contributed by atoms with van der Waals surface area (Å²) in [5, 5.41) is 1.19. The molecule has 0 atom stereocenters. The zero-order valence-electron chi connectivity index (χ0n) is 12.0. The van der Waals surface area contributed by atoms with Gasteiger partial charge >= 0.3 is 0 Å². The Kier molecular flexibility index (Phi) is 5.96. The van der Waals surface area contributed by atoms with Crippen molar-refractivity contribution in [3.05, 3.63) is 0 Å². The van der Waals surface area contributed by atoms with Crippen molar-refractivity contribution in [3.8, 4) is 0 Å². The van der Waals surface area contributed by atoms with Crippen molar-refractivity contribution in [1.29, 1.82) is 0 Å². The van der Waals surface area contributed by atoms with Gasteiger partial charge in [-0.2, -0.15) is 0 Å². The molecule has 0 N–H and O–H groups in total. The van der Waals surface area contributed by atoms with E-state index in [0.29, 0.717) is 5.41 Å². The van der Waals surface area contributed by atoms with Gasteiger partial charge in [-0.25, -0.2) is 0 Å². The molecular formula is C15H29BrN2. The topological polar surface area (TPSA) is 6.48 Å². The molecule has 0 radical (unpaired) electrons. The third-order valence-electron chi connectivity index (χ3n) is 4.80. The van der Waals surface area contributed by atoms with Gasteiger partial charge in [-0.05, 0) is 51.2 Å². The first kappa shape index (κ1) is 14.8. The minimum atomic E-state index is 0.567. The van der Waals surface area contributed by atoms with Crippen molar-refractivity contribution in [1.82, 2.24) is 9.80 Å².